The van der Waals surface area contributed by atoms with E-state index >= 15 is 0 Å². The van der Waals surface area contributed by atoms with Crippen LogP contribution in [0.3, 0.4) is 0 Å². The summed E-state index contributed by atoms with van der Waals surface area (Å²) in [5, 5.41) is 5.57. The Balaban J connectivity index is 1.92. The zero-order valence-electron chi connectivity index (χ0n) is 12.3. The Labute approximate surface area is 130 Å². The summed E-state index contributed by atoms with van der Waals surface area (Å²) in [5.74, 6) is -1.000. The van der Waals surface area contributed by atoms with Crippen molar-refractivity contribution in [3.63, 3.8) is 0 Å². The summed E-state index contributed by atoms with van der Waals surface area (Å²) in [6.07, 6.45) is 0. The van der Waals surface area contributed by atoms with Crippen LogP contribution < -0.4 is 16.1 Å². The van der Waals surface area contributed by atoms with Gasteiger partial charge in [0.15, 0.2) is 5.76 Å². The number of likely N-dealkylation sites (N-methyl/N-ethyl adjacent to an activating group) is 1. The van der Waals surface area contributed by atoms with Gasteiger partial charge in [0.1, 0.15) is 11.0 Å². The number of fused-ring (bicyclic) bond motifs is 2. The Kier molecular flexibility index (Phi) is 3.84. The molecule has 118 valence electrons. The van der Waals surface area contributed by atoms with E-state index in [9.17, 15) is 14.4 Å². The molecule has 0 aliphatic rings. The zero-order valence-corrected chi connectivity index (χ0v) is 12.3. The van der Waals surface area contributed by atoms with Crippen LogP contribution in [0.15, 0.2) is 44.0 Å². The Morgan fingerprint density at radius 3 is 2.65 bits per heavy atom. The summed E-state index contributed by atoms with van der Waals surface area (Å²) in [7, 11) is 0. The van der Waals surface area contributed by atoms with E-state index in [1.165, 1.54) is 6.07 Å². The van der Waals surface area contributed by atoms with Gasteiger partial charge in [-0.05, 0) is 19.1 Å². The van der Waals surface area contributed by atoms with E-state index in [-0.39, 0.29) is 34.8 Å². The Morgan fingerprint density at radius 2 is 1.87 bits per heavy atom. The van der Waals surface area contributed by atoms with Crippen LogP contribution >= 0.6 is 0 Å². The topological polar surface area (TPSA) is 102 Å². The lowest BCUT2D eigenvalue weighted by Crippen LogP contribution is -2.36. The molecule has 2 amide bonds. The SMILES string of the molecule is CCNC(=O)CNC(=O)c1cc2c(=O)c3ccccc3oc2o1. The van der Waals surface area contributed by atoms with Crippen LogP contribution in [-0.2, 0) is 4.79 Å². The molecule has 0 unspecified atom stereocenters. The van der Waals surface area contributed by atoms with Crippen molar-refractivity contribution in [1.29, 1.82) is 0 Å². The summed E-state index contributed by atoms with van der Waals surface area (Å²) in [6.45, 7) is 2.08. The molecule has 3 aromatic rings. The molecule has 7 heteroatoms. The van der Waals surface area contributed by atoms with Crippen molar-refractivity contribution in [2.75, 3.05) is 13.1 Å². The molecule has 0 radical (unpaired) electrons. The van der Waals surface area contributed by atoms with E-state index in [1.54, 1.807) is 31.2 Å². The van der Waals surface area contributed by atoms with Crippen molar-refractivity contribution < 1.29 is 18.4 Å². The number of rotatable bonds is 4. The fourth-order valence-corrected chi connectivity index (χ4v) is 2.22. The van der Waals surface area contributed by atoms with Crippen molar-refractivity contribution in [3.05, 3.63) is 46.3 Å². The van der Waals surface area contributed by atoms with Gasteiger partial charge in [-0.1, -0.05) is 12.1 Å². The Hall–Kier alpha value is -3.09. The smallest absolute Gasteiger partial charge is 0.302 e. The average Bonchev–Trinajstić information content (AvgIpc) is 2.97. The highest BCUT2D eigenvalue weighted by atomic mass is 16.5. The highest BCUT2D eigenvalue weighted by molar-refractivity contribution is 5.98. The first-order chi connectivity index (χ1) is 11.1. The van der Waals surface area contributed by atoms with Crippen molar-refractivity contribution in [2.24, 2.45) is 0 Å². The molecule has 2 aromatic heterocycles. The second-order valence-corrected chi connectivity index (χ2v) is 4.88. The lowest BCUT2D eigenvalue weighted by atomic mass is 10.2. The summed E-state index contributed by atoms with van der Waals surface area (Å²) in [4.78, 5) is 35.7. The molecule has 0 spiro atoms. The van der Waals surface area contributed by atoms with Gasteiger partial charge in [-0.2, -0.15) is 0 Å². The van der Waals surface area contributed by atoms with Gasteiger partial charge in [-0.3, -0.25) is 14.4 Å². The minimum Gasteiger partial charge on any atom is -0.425 e. The molecule has 0 aliphatic heterocycles. The van der Waals surface area contributed by atoms with Gasteiger partial charge in [-0.15, -0.1) is 0 Å². The quantitative estimate of drug-likeness (QED) is 0.758. The number of amides is 2. The van der Waals surface area contributed by atoms with Crippen LogP contribution in [-0.4, -0.2) is 24.9 Å². The van der Waals surface area contributed by atoms with Gasteiger partial charge in [-0.25, -0.2) is 0 Å². The average molecular weight is 314 g/mol. The normalized spacial score (nSPS) is 10.8. The zero-order chi connectivity index (χ0) is 16.4. The predicted octanol–water partition coefficient (Wildman–Crippen LogP) is 1.41. The molecule has 3 rings (SSSR count). The molecule has 1 aromatic carbocycles. The van der Waals surface area contributed by atoms with Crippen LogP contribution in [0.5, 0.6) is 0 Å². The molecule has 0 aliphatic carbocycles. The maximum atomic E-state index is 12.4. The number of carbonyl (C=O) groups is 2. The number of carbonyl (C=O) groups excluding carboxylic acids is 2. The van der Waals surface area contributed by atoms with Crippen molar-refractivity contribution in [3.8, 4) is 0 Å². The summed E-state index contributed by atoms with van der Waals surface area (Å²) in [5.41, 5.74) is 0.113. The van der Waals surface area contributed by atoms with Gasteiger partial charge in [0.25, 0.3) is 5.91 Å². The number of nitrogens with one attached hydrogen (secondary N) is 2. The van der Waals surface area contributed by atoms with Crippen molar-refractivity contribution in [1.82, 2.24) is 10.6 Å². The summed E-state index contributed by atoms with van der Waals surface area (Å²) >= 11 is 0. The highest BCUT2D eigenvalue weighted by Gasteiger charge is 2.17. The number of benzene rings is 1. The Bertz CT molecular complexity index is 954. The van der Waals surface area contributed by atoms with Gasteiger partial charge < -0.3 is 19.5 Å². The van der Waals surface area contributed by atoms with Gasteiger partial charge in [0.2, 0.25) is 11.3 Å². The molecular formula is C16H14N2O5. The van der Waals surface area contributed by atoms with E-state index in [4.69, 9.17) is 8.83 Å². The molecule has 0 atom stereocenters. The highest BCUT2D eigenvalue weighted by Crippen LogP contribution is 2.21. The molecule has 0 saturated carbocycles. The third-order valence-corrected chi connectivity index (χ3v) is 3.28. The number of hydrogen-bond acceptors (Lipinski definition) is 5. The fourth-order valence-electron chi connectivity index (χ4n) is 2.22. The standard InChI is InChI=1S/C16H14N2O5/c1-2-17-13(19)8-18-15(21)12-7-10-14(20)9-5-3-4-6-11(9)22-16(10)23-12/h3-7H,2,8H2,1H3,(H,17,19)(H,18,21). The lowest BCUT2D eigenvalue weighted by molar-refractivity contribution is -0.120. The van der Waals surface area contributed by atoms with E-state index in [0.717, 1.165) is 0 Å². The molecule has 7 nitrogen and oxygen atoms in total. The van der Waals surface area contributed by atoms with Crippen LogP contribution in [0.25, 0.3) is 22.1 Å². The summed E-state index contributed by atoms with van der Waals surface area (Å²) < 4.78 is 10.8. The van der Waals surface area contributed by atoms with Gasteiger partial charge >= 0.3 is 5.78 Å². The number of furan rings is 1. The van der Waals surface area contributed by atoms with Crippen molar-refractivity contribution in [2.45, 2.75) is 6.92 Å². The second-order valence-electron chi connectivity index (χ2n) is 4.88. The minimum atomic E-state index is -0.592. The lowest BCUT2D eigenvalue weighted by Gasteiger charge is -2.02. The predicted molar refractivity (Wildman–Crippen MR) is 83.3 cm³/mol. The van der Waals surface area contributed by atoms with E-state index in [0.29, 0.717) is 17.5 Å². The van der Waals surface area contributed by atoms with Crippen LogP contribution in [0.4, 0.5) is 0 Å². The largest absolute Gasteiger partial charge is 0.425 e. The number of hydrogen-bond donors (Lipinski definition) is 2. The third-order valence-electron chi connectivity index (χ3n) is 3.28. The molecule has 2 heterocycles. The van der Waals surface area contributed by atoms with E-state index in [1.807, 2.05) is 0 Å². The summed E-state index contributed by atoms with van der Waals surface area (Å²) in [6, 6.07) is 8.07. The maximum absolute atomic E-state index is 12.4. The van der Waals surface area contributed by atoms with Gasteiger partial charge in [0, 0.05) is 12.6 Å². The molecular weight excluding hydrogens is 300 g/mol. The fraction of sp³-hybridized carbons (Fsp3) is 0.188. The minimum absolute atomic E-state index is 0.0168. The molecule has 0 bridgehead atoms. The first-order valence-corrected chi connectivity index (χ1v) is 7.10. The van der Waals surface area contributed by atoms with Gasteiger partial charge in [0.05, 0.1) is 11.9 Å². The molecule has 23 heavy (non-hydrogen) atoms. The Morgan fingerprint density at radius 1 is 1.09 bits per heavy atom. The maximum Gasteiger partial charge on any atom is 0.302 e. The third kappa shape index (κ3) is 2.80. The van der Waals surface area contributed by atoms with Crippen LogP contribution in [0.1, 0.15) is 17.5 Å². The first kappa shape index (κ1) is 14.8. The first-order valence-electron chi connectivity index (χ1n) is 7.10. The van der Waals surface area contributed by atoms with Crippen molar-refractivity contribution >= 4 is 33.9 Å². The molecule has 0 fully saturated rings. The van der Waals surface area contributed by atoms with E-state index in [2.05, 4.69) is 10.6 Å². The molecule has 0 saturated heterocycles. The number of para-hydroxylation sites is 1. The van der Waals surface area contributed by atoms with Crippen LogP contribution in [0, 0.1) is 0 Å². The second kappa shape index (κ2) is 5.96. The van der Waals surface area contributed by atoms with E-state index < -0.39 is 5.91 Å². The molecule has 2 N–H and O–H groups in total. The monoisotopic (exact) mass is 314 g/mol. The van der Waals surface area contributed by atoms with Crippen LogP contribution in [0.2, 0.25) is 0 Å².